The summed E-state index contributed by atoms with van der Waals surface area (Å²) in [5.74, 6) is -0.102. The van der Waals surface area contributed by atoms with Crippen LogP contribution < -0.4 is 9.47 Å². The zero-order valence-corrected chi connectivity index (χ0v) is 13.5. The molecule has 2 aliphatic heterocycles. The van der Waals surface area contributed by atoms with Crippen LogP contribution in [0.5, 0.6) is 11.5 Å². The Labute approximate surface area is 143 Å². The average molecular weight is 354 g/mol. The zero-order valence-electron chi connectivity index (χ0n) is 12.7. The first kappa shape index (κ1) is 16.6. The van der Waals surface area contributed by atoms with Gasteiger partial charge >= 0.3 is 5.97 Å². The number of carbonyl (C=O) groups is 2. The third-order valence-corrected chi connectivity index (χ3v) is 4.00. The molecule has 1 N–H and O–H groups in total. The minimum Gasteiger partial charge on any atom is -0.481 e. The molecule has 0 aromatic heterocycles. The first-order chi connectivity index (χ1) is 11.5. The maximum atomic E-state index is 12.3. The summed E-state index contributed by atoms with van der Waals surface area (Å²) in [5, 5.41) is 9.23. The van der Waals surface area contributed by atoms with Crippen molar-refractivity contribution in [3.05, 3.63) is 28.8 Å². The lowest BCUT2D eigenvalue weighted by atomic mass is 10.1. The molecule has 8 heteroatoms. The van der Waals surface area contributed by atoms with E-state index in [0.29, 0.717) is 35.2 Å². The number of halogens is 1. The number of aliphatic carboxylic acids is 1. The molecular formula is C16H16ClNO6. The highest BCUT2D eigenvalue weighted by Crippen LogP contribution is 2.40. The number of carboxylic acid groups (broad SMARTS) is 1. The molecule has 1 amide bonds. The van der Waals surface area contributed by atoms with Crippen molar-refractivity contribution in [1.82, 2.24) is 4.90 Å². The molecule has 0 aliphatic carbocycles. The van der Waals surface area contributed by atoms with Crippen LogP contribution >= 0.6 is 11.6 Å². The fourth-order valence-corrected chi connectivity index (χ4v) is 2.87. The maximum Gasteiger partial charge on any atom is 0.306 e. The number of hydrogen-bond donors (Lipinski definition) is 1. The van der Waals surface area contributed by atoms with Gasteiger partial charge in [0.15, 0.2) is 11.5 Å². The van der Waals surface area contributed by atoms with Crippen LogP contribution in [0.25, 0.3) is 6.08 Å². The molecule has 0 saturated carbocycles. The van der Waals surface area contributed by atoms with E-state index in [9.17, 15) is 9.59 Å². The number of fused-ring (bicyclic) bond motifs is 1. The number of nitrogens with zero attached hydrogens (tertiary/aromatic N) is 1. The molecule has 0 bridgehead atoms. The minimum absolute atomic E-state index is 0.120. The first-order valence-electron chi connectivity index (χ1n) is 7.42. The highest BCUT2D eigenvalue weighted by Gasteiger charge is 2.25. The fourth-order valence-electron chi connectivity index (χ4n) is 2.59. The quantitative estimate of drug-likeness (QED) is 0.830. The Morgan fingerprint density at radius 3 is 3.00 bits per heavy atom. The van der Waals surface area contributed by atoms with Gasteiger partial charge in [-0.15, -0.1) is 0 Å². The molecule has 1 saturated heterocycles. The highest BCUT2D eigenvalue weighted by atomic mass is 35.5. The second kappa shape index (κ2) is 7.11. The van der Waals surface area contributed by atoms with Gasteiger partial charge in [0.25, 0.3) is 0 Å². The van der Waals surface area contributed by atoms with Crippen LogP contribution in [0.15, 0.2) is 18.2 Å². The van der Waals surface area contributed by atoms with E-state index in [-0.39, 0.29) is 25.7 Å². The average Bonchev–Trinajstić information content (AvgIpc) is 3.01. The molecule has 24 heavy (non-hydrogen) atoms. The van der Waals surface area contributed by atoms with Crippen LogP contribution in [-0.4, -0.2) is 54.5 Å². The van der Waals surface area contributed by atoms with Crippen molar-refractivity contribution in [3.63, 3.8) is 0 Å². The van der Waals surface area contributed by atoms with Crippen LogP contribution in [0.1, 0.15) is 12.0 Å². The number of ether oxygens (including phenoxy) is 3. The Kier molecular flexibility index (Phi) is 4.92. The molecule has 0 spiro atoms. The molecule has 128 valence electrons. The summed E-state index contributed by atoms with van der Waals surface area (Å²) in [6.45, 7) is 1.14. The number of carbonyl (C=O) groups excluding carboxylic acids is 1. The van der Waals surface area contributed by atoms with Gasteiger partial charge in [-0.25, -0.2) is 0 Å². The Bertz CT molecular complexity index is 689. The van der Waals surface area contributed by atoms with Crippen molar-refractivity contribution in [1.29, 1.82) is 0 Å². The van der Waals surface area contributed by atoms with E-state index in [2.05, 4.69) is 0 Å². The van der Waals surface area contributed by atoms with Crippen molar-refractivity contribution in [2.45, 2.75) is 12.5 Å². The van der Waals surface area contributed by atoms with Gasteiger partial charge in [0, 0.05) is 19.2 Å². The van der Waals surface area contributed by atoms with Gasteiger partial charge < -0.3 is 24.2 Å². The van der Waals surface area contributed by atoms with E-state index in [1.165, 1.54) is 6.08 Å². The Morgan fingerprint density at radius 2 is 2.21 bits per heavy atom. The second-order valence-corrected chi connectivity index (χ2v) is 5.85. The third-order valence-electron chi connectivity index (χ3n) is 3.72. The molecule has 2 heterocycles. The smallest absolute Gasteiger partial charge is 0.306 e. The summed E-state index contributed by atoms with van der Waals surface area (Å²) in [6.07, 6.45) is 2.47. The number of benzene rings is 1. The van der Waals surface area contributed by atoms with Crippen molar-refractivity contribution in [3.8, 4) is 11.5 Å². The fraction of sp³-hybridized carbons (Fsp3) is 0.375. The molecule has 1 unspecified atom stereocenters. The van der Waals surface area contributed by atoms with Gasteiger partial charge in [-0.3, -0.25) is 9.59 Å². The van der Waals surface area contributed by atoms with Crippen LogP contribution in [0.2, 0.25) is 5.02 Å². The summed E-state index contributed by atoms with van der Waals surface area (Å²) in [7, 11) is 0. The number of morpholine rings is 1. The SMILES string of the molecule is O=C(O)CC1CN(C(=O)/C=C/c2cc(Cl)c3c(c2)OCO3)CCO1. The van der Waals surface area contributed by atoms with Crippen LogP contribution in [0.3, 0.4) is 0 Å². The van der Waals surface area contributed by atoms with Gasteiger partial charge in [-0.1, -0.05) is 11.6 Å². The zero-order chi connectivity index (χ0) is 17.1. The minimum atomic E-state index is -0.945. The number of carboxylic acids is 1. The molecule has 1 atom stereocenters. The van der Waals surface area contributed by atoms with Crippen LogP contribution in [0, 0.1) is 0 Å². The topological polar surface area (TPSA) is 85.3 Å². The first-order valence-corrected chi connectivity index (χ1v) is 7.80. The predicted molar refractivity (Wildman–Crippen MR) is 85.2 cm³/mol. The number of amides is 1. The molecule has 1 aromatic carbocycles. The molecule has 0 radical (unpaired) electrons. The molecule has 2 aliphatic rings. The number of rotatable bonds is 4. The van der Waals surface area contributed by atoms with Crippen molar-refractivity contribution in [2.24, 2.45) is 0 Å². The Morgan fingerprint density at radius 1 is 1.38 bits per heavy atom. The lowest BCUT2D eigenvalue weighted by Gasteiger charge is -2.31. The van der Waals surface area contributed by atoms with Crippen molar-refractivity contribution in [2.75, 3.05) is 26.5 Å². The molecule has 1 fully saturated rings. The van der Waals surface area contributed by atoms with E-state index in [1.807, 2.05) is 0 Å². The van der Waals surface area contributed by atoms with Gasteiger partial charge in [0.05, 0.1) is 24.2 Å². The normalized spacial score (nSPS) is 19.7. The maximum absolute atomic E-state index is 12.3. The van der Waals surface area contributed by atoms with E-state index >= 15 is 0 Å². The Balaban J connectivity index is 1.65. The summed E-state index contributed by atoms with van der Waals surface area (Å²) in [5.41, 5.74) is 0.716. The van der Waals surface area contributed by atoms with E-state index in [0.717, 1.165) is 0 Å². The lowest BCUT2D eigenvalue weighted by Crippen LogP contribution is -2.45. The van der Waals surface area contributed by atoms with E-state index < -0.39 is 12.1 Å². The van der Waals surface area contributed by atoms with Gasteiger partial charge in [-0.2, -0.15) is 0 Å². The number of hydrogen-bond acceptors (Lipinski definition) is 5. The largest absolute Gasteiger partial charge is 0.481 e. The van der Waals surface area contributed by atoms with E-state index in [4.69, 9.17) is 30.9 Å². The summed E-state index contributed by atoms with van der Waals surface area (Å²) < 4.78 is 15.9. The van der Waals surface area contributed by atoms with E-state index in [1.54, 1.807) is 23.1 Å². The Hall–Kier alpha value is -2.25. The molecule has 1 aromatic rings. The van der Waals surface area contributed by atoms with Gasteiger partial charge in [0.1, 0.15) is 0 Å². The highest BCUT2D eigenvalue weighted by molar-refractivity contribution is 6.32. The van der Waals surface area contributed by atoms with Crippen LogP contribution in [-0.2, 0) is 14.3 Å². The monoisotopic (exact) mass is 353 g/mol. The van der Waals surface area contributed by atoms with Gasteiger partial charge in [-0.05, 0) is 23.8 Å². The summed E-state index contributed by atoms with van der Waals surface area (Å²) >= 11 is 6.10. The lowest BCUT2D eigenvalue weighted by molar-refractivity contribution is -0.145. The standard InChI is InChI=1S/C16H16ClNO6/c17-12-5-10(6-13-16(12)24-9-23-13)1-2-14(19)18-3-4-22-11(8-18)7-15(20)21/h1-2,5-6,11H,3-4,7-9H2,(H,20,21)/b2-1+. The van der Waals surface area contributed by atoms with Crippen LogP contribution in [0.4, 0.5) is 0 Å². The van der Waals surface area contributed by atoms with Crippen molar-refractivity contribution < 1.29 is 28.9 Å². The van der Waals surface area contributed by atoms with Gasteiger partial charge in [0.2, 0.25) is 12.7 Å². The molecule has 3 rings (SSSR count). The van der Waals surface area contributed by atoms with Crippen molar-refractivity contribution >= 4 is 29.6 Å². The second-order valence-electron chi connectivity index (χ2n) is 5.44. The molecule has 7 nitrogen and oxygen atoms in total. The third kappa shape index (κ3) is 3.80. The molecular weight excluding hydrogens is 338 g/mol. The summed E-state index contributed by atoms with van der Waals surface area (Å²) in [4.78, 5) is 24.6. The predicted octanol–water partition coefficient (Wildman–Crippen LogP) is 1.78. The summed E-state index contributed by atoms with van der Waals surface area (Å²) in [6, 6.07) is 3.43.